The number of rotatable bonds is 5. The van der Waals surface area contributed by atoms with E-state index in [1.165, 1.54) is 7.11 Å². The number of ether oxygens (including phenoxy) is 1. The predicted octanol–water partition coefficient (Wildman–Crippen LogP) is 1.12. The monoisotopic (exact) mass is 244 g/mol. The minimum Gasteiger partial charge on any atom is -0.477 e. The van der Waals surface area contributed by atoms with E-state index < -0.39 is 5.97 Å². The molecule has 0 aliphatic carbocycles. The summed E-state index contributed by atoms with van der Waals surface area (Å²) < 4.78 is 4.47. The molecule has 1 heterocycles. The van der Waals surface area contributed by atoms with Crippen molar-refractivity contribution < 1.29 is 19.4 Å². The van der Waals surface area contributed by atoms with Gasteiger partial charge in [-0.3, -0.25) is 4.79 Å². The highest BCUT2D eigenvalue weighted by Gasteiger charge is 2.13. The van der Waals surface area contributed by atoms with Crippen LogP contribution in [-0.2, 0) is 9.53 Å². The summed E-state index contributed by atoms with van der Waals surface area (Å²) in [6.45, 7) is 2.00. The van der Waals surface area contributed by atoms with Crippen LogP contribution in [0.4, 0.5) is 5.13 Å². The third-order valence-corrected chi connectivity index (χ3v) is 2.93. The first-order valence-electron chi connectivity index (χ1n) is 4.56. The lowest BCUT2D eigenvalue weighted by atomic mass is 10.4. The molecule has 0 spiro atoms. The zero-order valence-electron chi connectivity index (χ0n) is 8.94. The number of nitrogens with one attached hydrogen (secondary N) is 1. The fourth-order valence-corrected chi connectivity index (χ4v) is 1.87. The Morgan fingerprint density at radius 2 is 2.25 bits per heavy atom. The first kappa shape index (κ1) is 12.4. The number of carbonyl (C=O) groups is 2. The van der Waals surface area contributed by atoms with Crippen molar-refractivity contribution in [3.63, 3.8) is 0 Å². The van der Waals surface area contributed by atoms with E-state index in [0.717, 1.165) is 11.3 Å². The maximum absolute atomic E-state index is 10.8. The number of hydrogen-bond donors (Lipinski definition) is 2. The summed E-state index contributed by atoms with van der Waals surface area (Å²) in [6, 6.07) is 0. The van der Waals surface area contributed by atoms with Gasteiger partial charge in [0.25, 0.3) is 0 Å². The SMILES string of the molecule is COC(=O)CCNc1nc(C)c(C(=O)O)s1. The molecular weight excluding hydrogens is 232 g/mol. The molecule has 0 aliphatic rings. The first-order valence-corrected chi connectivity index (χ1v) is 5.37. The van der Waals surface area contributed by atoms with Gasteiger partial charge in [0.1, 0.15) is 4.88 Å². The van der Waals surface area contributed by atoms with Crippen LogP contribution in [0.2, 0.25) is 0 Å². The zero-order chi connectivity index (χ0) is 12.1. The number of carboxylic acid groups (broad SMARTS) is 1. The first-order chi connectivity index (χ1) is 7.54. The van der Waals surface area contributed by atoms with E-state index >= 15 is 0 Å². The molecule has 2 N–H and O–H groups in total. The molecule has 0 fully saturated rings. The third-order valence-electron chi connectivity index (χ3n) is 1.82. The van der Waals surface area contributed by atoms with E-state index in [-0.39, 0.29) is 17.3 Å². The van der Waals surface area contributed by atoms with Crippen LogP contribution < -0.4 is 5.32 Å². The number of aromatic nitrogens is 1. The van der Waals surface area contributed by atoms with Crippen LogP contribution in [0.3, 0.4) is 0 Å². The number of thiazole rings is 1. The number of hydrogen-bond acceptors (Lipinski definition) is 6. The number of methoxy groups -OCH3 is 1. The molecule has 6 nitrogen and oxygen atoms in total. The Balaban J connectivity index is 2.52. The average Bonchev–Trinajstić information content (AvgIpc) is 2.59. The third kappa shape index (κ3) is 3.20. The van der Waals surface area contributed by atoms with Crippen molar-refractivity contribution in [3.8, 4) is 0 Å². The summed E-state index contributed by atoms with van der Waals surface area (Å²) in [7, 11) is 1.32. The Kier molecular flexibility index (Phi) is 4.24. The predicted molar refractivity (Wildman–Crippen MR) is 58.9 cm³/mol. The molecule has 0 aliphatic heterocycles. The van der Waals surface area contributed by atoms with Gasteiger partial charge in [0.15, 0.2) is 5.13 Å². The molecule has 0 saturated carbocycles. The van der Waals surface area contributed by atoms with Gasteiger partial charge in [0.05, 0.1) is 19.2 Å². The Bertz CT molecular complexity index is 402. The van der Waals surface area contributed by atoms with Gasteiger partial charge in [-0.1, -0.05) is 11.3 Å². The topological polar surface area (TPSA) is 88.5 Å². The van der Waals surface area contributed by atoms with E-state index in [0.29, 0.717) is 17.4 Å². The largest absolute Gasteiger partial charge is 0.477 e. The van der Waals surface area contributed by atoms with Crippen molar-refractivity contribution in [2.45, 2.75) is 13.3 Å². The Labute approximate surface area is 96.3 Å². The average molecular weight is 244 g/mol. The van der Waals surface area contributed by atoms with Crippen LogP contribution in [0.1, 0.15) is 21.8 Å². The van der Waals surface area contributed by atoms with Crippen LogP contribution >= 0.6 is 11.3 Å². The second-order valence-electron chi connectivity index (χ2n) is 2.99. The number of aromatic carboxylic acids is 1. The van der Waals surface area contributed by atoms with Gasteiger partial charge < -0.3 is 15.2 Å². The smallest absolute Gasteiger partial charge is 0.347 e. The summed E-state index contributed by atoms with van der Waals surface area (Å²) in [5.74, 6) is -1.31. The van der Waals surface area contributed by atoms with E-state index in [1.807, 2.05) is 0 Å². The maximum atomic E-state index is 10.8. The molecule has 0 atom stereocenters. The van der Waals surface area contributed by atoms with Gasteiger partial charge in [-0.15, -0.1) is 0 Å². The van der Waals surface area contributed by atoms with Crippen LogP contribution in [0.5, 0.6) is 0 Å². The van der Waals surface area contributed by atoms with Crippen molar-refractivity contribution in [3.05, 3.63) is 10.6 Å². The molecule has 16 heavy (non-hydrogen) atoms. The van der Waals surface area contributed by atoms with Gasteiger partial charge in [-0.25, -0.2) is 9.78 Å². The molecule has 0 bridgehead atoms. The van der Waals surface area contributed by atoms with Crippen molar-refractivity contribution >= 4 is 28.4 Å². The van der Waals surface area contributed by atoms with Gasteiger partial charge in [0, 0.05) is 6.54 Å². The molecule has 1 rings (SSSR count). The van der Waals surface area contributed by atoms with E-state index in [1.54, 1.807) is 6.92 Å². The quantitative estimate of drug-likeness (QED) is 0.755. The van der Waals surface area contributed by atoms with Crippen LogP contribution in [0.15, 0.2) is 0 Å². The molecule has 0 saturated heterocycles. The highest BCUT2D eigenvalue weighted by molar-refractivity contribution is 7.17. The Morgan fingerprint density at radius 1 is 1.56 bits per heavy atom. The molecule has 0 amide bonds. The molecule has 88 valence electrons. The molecule has 1 aromatic heterocycles. The number of carbonyl (C=O) groups excluding carboxylic acids is 1. The van der Waals surface area contributed by atoms with Gasteiger partial charge in [0.2, 0.25) is 0 Å². The maximum Gasteiger partial charge on any atom is 0.347 e. The molecule has 0 radical (unpaired) electrons. The summed E-state index contributed by atoms with van der Waals surface area (Å²) in [5.41, 5.74) is 0.470. The van der Waals surface area contributed by atoms with Gasteiger partial charge in [-0.05, 0) is 6.92 Å². The number of anilines is 1. The highest BCUT2D eigenvalue weighted by atomic mass is 32.1. The summed E-state index contributed by atoms with van der Waals surface area (Å²) in [5, 5.41) is 12.2. The van der Waals surface area contributed by atoms with Crippen LogP contribution in [0, 0.1) is 6.92 Å². The number of aryl methyl sites for hydroxylation is 1. The second-order valence-corrected chi connectivity index (χ2v) is 3.99. The zero-order valence-corrected chi connectivity index (χ0v) is 9.76. The van der Waals surface area contributed by atoms with E-state index in [4.69, 9.17) is 5.11 Å². The second kappa shape index (κ2) is 5.45. The minimum atomic E-state index is -0.990. The van der Waals surface area contributed by atoms with Crippen molar-refractivity contribution in [1.29, 1.82) is 0 Å². The lowest BCUT2D eigenvalue weighted by Gasteiger charge is -2.00. The Morgan fingerprint density at radius 3 is 2.75 bits per heavy atom. The van der Waals surface area contributed by atoms with E-state index in [2.05, 4.69) is 15.0 Å². The minimum absolute atomic E-state index is 0.209. The van der Waals surface area contributed by atoms with Gasteiger partial charge in [-0.2, -0.15) is 0 Å². The molecule has 1 aromatic rings. The lowest BCUT2D eigenvalue weighted by Crippen LogP contribution is -2.09. The molecule has 0 unspecified atom stereocenters. The van der Waals surface area contributed by atoms with E-state index in [9.17, 15) is 9.59 Å². The number of esters is 1. The fraction of sp³-hybridized carbons (Fsp3) is 0.444. The van der Waals surface area contributed by atoms with Crippen LogP contribution in [-0.4, -0.2) is 35.7 Å². The summed E-state index contributed by atoms with van der Waals surface area (Å²) in [4.78, 5) is 25.8. The number of carboxylic acids is 1. The molecule has 0 aromatic carbocycles. The summed E-state index contributed by atoms with van der Waals surface area (Å²) in [6.07, 6.45) is 0.220. The number of nitrogens with zero attached hydrogens (tertiary/aromatic N) is 1. The fourth-order valence-electron chi connectivity index (χ4n) is 1.04. The standard InChI is InChI=1S/C9H12N2O4S/c1-5-7(8(13)14)16-9(11-5)10-4-3-6(12)15-2/h3-4H2,1-2H3,(H,10,11)(H,13,14). The van der Waals surface area contributed by atoms with Crippen molar-refractivity contribution in [2.75, 3.05) is 19.0 Å². The molecule has 7 heteroatoms. The van der Waals surface area contributed by atoms with Gasteiger partial charge >= 0.3 is 11.9 Å². The van der Waals surface area contributed by atoms with Crippen molar-refractivity contribution in [2.24, 2.45) is 0 Å². The Hall–Kier alpha value is -1.63. The summed E-state index contributed by atoms with van der Waals surface area (Å²) >= 11 is 1.05. The van der Waals surface area contributed by atoms with Crippen molar-refractivity contribution in [1.82, 2.24) is 4.98 Å². The lowest BCUT2D eigenvalue weighted by molar-refractivity contribution is -0.140. The normalized spacial score (nSPS) is 9.88. The highest BCUT2D eigenvalue weighted by Crippen LogP contribution is 2.22. The van der Waals surface area contributed by atoms with Crippen LogP contribution in [0.25, 0.3) is 0 Å². The molecular formula is C9H12N2O4S.